The van der Waals surface area contributed by atoms with E-state index in [1.165, 1.54) is 0 Å². The molecule has 0 saturated heterocycles. The Morgan fingerprint density at radius 2 is 1.91 bits per heavy atom. The zero-order chi connectivity index (χ0) is 16.5. The Bertz CT molecular complexity index is 505. The van der Waals surface area contributed by atoms with E-state index in [2.05, 4.69) is 5.32 Å². The third kappa shape index (κ3) is 5.02. The molecule has 22 heavy (non-hydrogen) atoms. The fraction of sp³-hybridized carbons (Fsp3) is 0.529. The summed E-state index contributed by atoms with van der Waals surface area (Å²) >= 11 is 6.20. The summed E-state index contributed by atoms with van der Waals surface area (Å²) in [5.74, 6) is -0.123. The lowest BCUT2D eigenvalue weighted by molar-refractivity contribution is -0.141. The second-order valence-electron chi connectivity index (χ2n) is 5.18. The Labute approximate surface area is 137 Å². The van der Waals surface area contributed by atoms with Crippen LogP contribution in [0.4, 0.5) is 0 Å². The SMILES string of the molecule is CCCC(=O)N(Cc1ccccc1Cl)[C@H](CC)C(=O)NCC. The minimum atomic E-state index is -0.463. The number of carbonyl (C=O) groups excluding carboxylic acids is 2. The van der Waals surface area contributed by atoms with Gasteiger partial charge in [-0.25, -0.2) is 0 Å². The lowest BCUT2D eigenvalue weighted by Crippen LogP contribution is -2.48. The second-order valence-corrected chi connectivity index (χ2v) is 5.59. The van der Waals surface area contributed by atoms with Crippen molar-refractivity contribution in [3.63, 3.8) is 0 Å². The summed E-state index contributed by atoms with van der Waals surface area (Å²) in [6.07, 6.45) is 1.76. The summed E-state index contributed by atoms with van der Waals surface area (Å²) in [6, 6.07) is 6.96. The third-order valence-electron chi connectivity index (χ3n) is 3.50. The maximum absolute atomic E-state index is 12.5. The lowest BCUT2D eigenvalue weighted by atomic mass is 10.1. The zero-order valence-electron chi connectivity index (χ0n) is 13.6. The van der Waals surface area contributed by atoms with Crippen LogP contribution in [0.15, 0.2) is 24.3 Å². The van der Waals surface area contributed by atoms with Crippen LogP contribution in [-0.2, 0) is 16.1 Å². The molecule has 1 rings (SSSR count). The molecule has 0 unspecified atom stereocenters. The van der Waals surface area contributed by atoms with Crippen molar-refractivity contribution in [3.05, 3.63) is 34.9 Å². The van der Waals surface area contributed by atoms with Crippen LogP contribution in [0.2, 0.25) is 5.02 Å². The van der Waals surface area contributed by atoms with Crippen molar-refractivity contribution in [1.82, 2.24) is 10.2 Å². The van der Waals surface area contributed by atoms with Crippen LogP contribution in [0.1, 0.15) is 45.6 Å². The molecular weight excluding hydrogens is 300 g/mol. The van der Waals surface area contributed by atoms with E-state index in [9.17, 15) is 9.59 Å². The monoisotopic (exact) mass is 324 g/mol. The maximum Gasteiger partial charge on any atom is 0.242 e. The highest BCUT2D eigenvalue weighted by atomic mass is 35.5. The van der Waals surface area contributed by atoms with Gasteiger partial charge in [-0.2, -0.15) is 0 Å². The van der Waals surface area contributed by atoms with Crippen molar-refractivity contribution in [3.8, 4) is 0 Å². The van der Waals surface area contributed by atoms with E-state index in [4.69, 9.17) is 11.6 Å². The van der Waals surface area contributed by atoms with Crippen molar-refractivity contribution >= 4 is 23.4 Å². The van der Waals surface area contributed by atoms with E-state index in [1.54, 1.807) is 11.0 Å². The van der Waals surface area contributed by atoms with Crippen LogP contribution in [0.25, 0.3) is 0 Å². The van der Waals surface area contributed by atoms with Gasteiger partial charge in [-0.15, -0.1) is 0 Å². The molecule has 1 aromatic rings. The predicted molar refractivity (Wildman–Crippen MR) is 89.7 cm³/mol. The van der Waals surface area contributed by atoms with Crippen molar-refractivity contribution in [2.24, 2.45) is 0 Å². The number of hydrogen-bond donors (Lipinski definition) is 1. The first-order valence-corrected chi connectivity index (χ1v) is 8.23. The maximum atomic E-state index is 12.5. The Kier molecular flexibility index (Phi) is 7.96. The molecule has 0 radical (unpaired) electrons. The van der Waals surface area contributed by atoms with Gasteiger partial charge in [0.15, 0.2) is 0 Å². The second kappa shape index (κ2) is 9.46. The highest BCUT2D eigenvalue weighted by Crippen LogP contribution is 2.20. The molecule has 4 nitrogen and oxygen atoms in total. The number of halogens is 1. The van der Waals surface area contributed by atoms with Gasteiger partial charge in [0.2, 0.25) is 11.8 Å². The molecule has 0 fully saturated rings. The molecule has 0 aliphatic rings. The van der Waals surface area contributed by atoms with E-state index in [0.717, 1.165) is 12.0 Å². The number of nitrogens with zero attached hydrogens (tertiary/aromatic N) is 1. The van der Waals surface area contributed by atoms with Gasteiger partial charge in [0, 0.05) is 24.5 Å². The van der Waals surface area contributed by atoms with Gasteiger partial charge in [0.1, 0.15) is 6.04 Å². The van der Waals surface area contributed by atoms with Gasteiger partial charge >= 0.3 is 0 Å². The van der Waals surface area contributed by atoms with Crippen LogP contribution in [0, 0.1) is 0 Å². The summed E-state index contributed by atoms with van der Waals surface area (Å²) in [7, 11) is 0. The van der Waals surface area contributed by atoms with Crippen molar-refractivity contribution < 1.29 is 9.59 Å². The van der Waals surface area contributed by atoms with E-state index in [1.807, 2.05) is 39.0 Å². The summed E-state index contributed by atoms with van der Waals surface area (Å²) in [5, 5.41) is 3.42. The van der Waals surface area contributed by atoms with Gasteiger partial charge in [-0.1, -0.05) is 43.6 Å². The molecule has 0 spiro atoms. The fourth-order valence-corrected chi connectivity index (χ4v) is 2.57. The first-order valence-electron chi connectivity index (χ1n) is 7.85. The Morgan fingerprint density at radius 1 is 1.23 bits per heavy atom. The molecule has 0 aliphatic heterocycles. The van der Waals surface area contributed by atoms with E-state index in [-0.39, 0.29) is 11.8 Å². The topological polar surface area (TPSA) is 49.4 Å². The van der Waals surface area contributed by atoms with Gasteiger partial charge in [0.05, 0.1) is 0 Å². The van der Waals surface area contributed by atoms with Crippen LogP contribution in [0.3, 0.4) is 0 Å². The Hall–Kier alpha value is -1.55. The molecule has 2 amide bonds. The van der Waals surface area contributed by atoms with Gasteiger partial charge in [-0.05, 0) is 31.4 Å². The van der Waals surface area contributed by atoms with Crippen LogP contribution < -0.4 is 5.32 Å². The molecule has 122 valence electrons. The molecule has 1 aromatic carbocycles. The number of rotatable bonds is 8. The molecule has 5 heteroatoms. The summed E-state index contributed by atoms with van der Waals surface area (Å²) in [6.45, 7) is 6.65. The first kappa shape index (κ1) is 18.5. The quantitative estimate of drug-likeness (QED) is 0.797. The normalized spacial score (nSPS) is 11.8. The molecule has 0 aromatic heterocycles. The van der Waals surface area contributed by atoms with Gasteiger partial charge in [-0.3, -0.25) is 9.59 Å². The van der Waals surface area contributed by atoms with Crippen LogP contribution >= 0.6 is 11.6 Å². The molecule has 0 bridgehead atoms. The third-order valence-corrected chi connectivity index (χ3v) is 3.87. The van der Waals surface area contributed by atoms with Gasteiger partial charge in [0.25, 0.3) is 0 Å². The minimum absolute atomic E-state index is 0.0134. The summed E-state index contributed by atoms with van der Waals surface area (Å²) in [5.41, 5.74) is 0.858. The first-order chi connectivity index (χ1) is 10.5. The molecule has 0 heterocycles. The number of nitrogens with one attached hydrogen (secondary N) is 1. The number of amides is 2. The molecule has 1 atom stereocenters. The van der Waals surface area contributed by atoms with E-state index >= 15 is 0 Å². The highest BCUT2D eigenvalue weighted by Gasteiger charge is 2.28. The standard InChI is InChI=1S/C17H25ClN2O2/c1-4-9-16(21)20(15(5-2)17(22)19-6-3)12-13-10-7-8-11-14(13)18/h7-8,10-11,15H,4-6,9,12H2,1-3H3,(H,19,22)/t15-/m1/s1. The minimum Gasteiger partial charge on any atom is -0.355 e. The van der Waals surface area contributed by atoms with Crippen LogP contribution in [0.5, 0.6) is 0 Å². The van der Waals surface area contributed by atoms with Crippen molar-refractivity contribution in [2.45, 2.75) is 52.6 Å². The molecule has 0 aliphatic carbocycles. The summed E-state index contributed by atoms with van der Waals surface area (Å²) < 4.78 is 0. The summed E-state index contributed by atoms with van der Waals surface area (Å²) in [4.78, 5) is 26.4. The fourth-order valence-electron chi connectivity index (χ4n) is 2.38. The highest BCUT2D eigenvalue weighted by molar-refractivity contribution is 6.31. The van der Waals surface area contributed by atoms with E-state index < -0.39 is 6.04 Å². The predicted octanol–water partition coefficient (Wildman–Crippen LogP) is 3.38. The number of hydrogen-bond acceptors (Lipinski definition) is 2. The van der Waals surface area contributed by atoms with Crippen LogP contribution in [-0.4, -0.2) is 29.3 Å². The molecular formula is C17H25ClN2O2. The largest absolute Gasteiger partial charge is 0.355 e. The molecule has 1 N–H and O–H groups in total. The lowest BCUT2D eigenvalue weighted by Gasteiger charge is -2.30. The average Bonchev–Trinajstić information content (AvgIpc) is 2.49. The number of likely N-dealkylation sites (N-methyl/N-ethyl adjacent to an activating group) is 1. The number of benzene rings is 1. The average molecular weight is 325 g/mol. The Morgan fingerprint density at radius 3 is 2.45 bits per heavy atom. The van der Waals surface area contributed by atoms with E-state index in [0.29, 0.717) is 31.0 Å². The zero-order valence-corrected chi connectivity index (χ0v) is 14.3. The Balaban J connectivity index is 3.03. The van der Waals surface area contributed by atoms with Crippen molar-refractivity contribution in [1.29, 1.82) is 0 Å². The van der Waals surface area contributed by atoms with Crippen molar-refractivity contribution in [2.75, 3.05) is 6.54 Å². The molecule has 0 saturated carbocycles. The smallest absolute Gasteiger partial charge is 0.242 e. The number of carbonyl (C=O) groups is 2. The van der Waals surface area contributed by atoms with Gasteiger partial charge < -0.3 is 10.2 Å².